The third-order valence-electron chi connectivity index (χ3n) is 5.08. The van der Waals surface area contributed by atoms with Crippen LogP contribution in [0.5, 0.6) is 0 Å². The smallest absolute Gasteiger partial charge is 0.409 e. The van der Waals surface area contributed by atoms with Gasteiger partial charge in [-0.05, 0) is 26.2 Å². The van der Waals surface area contributed by atoms with Gasteiger partial charge in [0.15, 0.2) is 0 Å². The third-order valence-corrected chi connectivity index (χ3v) is 5.87. The van der Waals surface area contributed by atoms with E-state index in [4.69, 9.17) is 9.47 Å². The number of hydrogen-bond acceptors (Lipinski definition) is 5. The largest absolute Gasteiger partial charge is 0.450 e. The first kappa shape index (κ1) is 19.6. The van der Waals surface area contributed by atoms with Crippen molar-refractivity contribution in [3.63, 3.8) is 0 Å². The van der Waals surface area contributed by atoms with E-state index in [0.29, 0.717) is 19.7 Å². The Balaban J connectivity index is 1.89. The zero-order chi connectivity index (χ0) is 17.7. The van der Waals surface area contributed by atoms with E-state index in [9.17, 15) is 13.6 Å². The molecule has 2 heterocycles. The van der Waals surface area contributed by atoms with E-state index in [1.807, 2.05) is 0 Å². The fraction of sp³-hybridized carbons (Fsp3) is 0.933. The Hall–Kier alpha value is -0.740. The van der Waals surface area contributed by atoms with Gasteiger partial charge in [0.25, 0.3) is 0 Å². The van der Waals surface area contributed by atoms with Crippen molar-refractivity contribution < 1.29 is 23.0 Å². The summed E-state index contributed by atoms with van der Waals surface area (Å²) in [6.45, 7) is 5.14. The van der Waals surface area contributed by atoms with Gasteiger partial charge in [-0.3, -0.25) is 9.45 Å². The van der Waals surface area contributed by atoms with Crippen LogP contribution in [0.1, 0.15) is 26.2 Å². The number of carbonyl (C=O) groups excluding carboxylic acids is 1. The van der Waals surface area contributed by atoms with Crippen molar-refractivity contribution in [2.45, 2.75) is 44.4 Å². The van der Waals surface area contributed by atoms with Crippen molar-refractivity contribution in [2.75, 3.05) is 46.9 Å². The molecule has 9 heteroatoms. The number of ether oxygens (including phenoxy) is 2. The van der Waals surface area contributed by atoms with Crippen LogP contribution in [-0.2, 0) is 20.7 Å². The molecule has 0 aromatic carbocycles. The Labute approximate surface area is 146 Å². The van der Waals surface area contributed by atoms with Crippen LogP contribution in [0, 0.1) is 0 Å². The highest BCUT2D eigenvalue weighted by molar-refractivity contribution is 7.76. The molecule has 0 saturated carbocycles. The summed E-state index contributed by atoms with van der Waals surface area (Å²) in [4.78, 5) is 16.0. The van der Waals surface area contributed by atoms with Crippen LogP contribution in [-0.4, -0.2) is 94.1 Å². The van der Waals surface area contributed by atoms with Gasteiger partial charge in [0.1, 0.15) is 0 Å². The first-order valence-electron chi connectivity index (χ1n) is 8.50. The number of carbonyl (C=O) groups is 1. The van der Waals surface area contributed by atoms with Gasteiger partial charge >= 0.3 is 6.09 Å². The van der Waals surface area contributed by atoms with E-state index < -0.39 is 11.3 Å². The van der Waals surface area contributed by atoms with Crippen LogP contribution < -0.4 is 0 Å². The summed E-state index contributed by atoms with van der Waals surface area (Å²) >= 11 is -1.91. The van der Waals surface area contributed by atoms with E-state index >= 15 is 0 Å². The summed E-state index contributed by atoms with van der Waals surface area (Å²) in [6.07, 6.45) is 2.26. The molecule has 2 fully saturated rings. The molecule has 2 aliphatic rings. The molecule has 3 unspecified atom stereocenters. The lowest BCUT2D eigenvalue weighted by Gasteiger charge is -2.45. The van der Waals surface area contributed by atoms with Gasteiger partial charge in [0.05, 0.1) is 19.3 Å². The molecule has 2 saturated heterocycles. The second-order valence-electron chi connectivity index (χ2n) is 6.32. The Morgan fingerprint density at radius 2 is 1.96 bits per heavy atom. The molecule has 24 heavy (non-hydrogen) atoms. The molecule has 0 aromatic rings. The zero-order valence-electron chi connectivity index (χ0n) is 14.7. The second kappa shape index (κ2) is 9.10. The van der Waals surface area contributed by atoms with Gasteiger partial charge in [0.2, 0.25) is 11.3 Å². The van der Waals surface area contributed by atoms with Crippen molar-refractivity contribution in [3.05, 3.63) is 0 Å². The van der Waals surface area contributed by atoms with Crippen LogP contribution in [0.15, 0.2) is 0 Å². The van der Waals surface area contributed by atoms with Gasteiger partial charge in [-0.1, -0.05) is 0 Å². The highest BCUT2D eigenvalue weighted by atomic mass is 32.2. The predicted molar refractivity (Wildman–Crippen MR) is 90.9 cm³/mol. The monoisotopic (exact) mass is 363 g/mol. The summed E-state index contributed by atoms with van der Waals surface area (Å²) < 4.78 is 32.6. The summed E-state index contributed by atoms with van der Waals surface area (Å²) in [7, 11) is 3.37. The van der Waals surface area contributed by atoms with E-state index in [1.54, 1.807) is 26.0 Å². The summed E-state index contributed by atoms with van der Waals surface area (Å²) in [5.74, 6) is 0. The molecule has 2 aliphatic heterocycles. The first-order chi connectivity index (χ1) is 11.5. The molecule has 0 radical (unpaired) electrons. The molecular formula is C15H29N3O5S. The summed E-state index contributed by atoms with van der Waals surface area (Å²) in [5.41, 5.74) is 0. The minimum Gasteiger partial charge on any atom is -0.450 e. The topological polar surface area (TPSA) is 82.6 Å². The number of hydrogen-bond donors (Lipinski definition) is 1. The maximum Gasteiger partial charge on any atom is 0.409 e. The van der Waals surface area contributed by atoms with Gasteiger partial charge in [-0.2, -0.15) is 0 Å². The average molecular weight is 363 g/mol. The average Bonchev–Trinajstić information content (AvgIpc) is 2.60. The standard InChI is InChI=1S/C15H29N3O5S/c1-4-23-15(19)18-10-7-13(14(11-18)22-3)17-8-5-12(6-9-17)16(2)24(20)21/h12-14H,4-11H2,1-3H3,(H,20,21). The van der Waals surface area contributed by atoms with E-state index in [0.717, 1.165) is 32.4 Å². The molecule has 3 atom stereocenters. The fourth-order valence-electron chi connectivity index (χ4n) is 3.64. The molecular weight excluding hydrogens is 334 g/mol. The van der Waals surface area contributed by atoms with Gasteiger partial charge in [-0.25, -0.2) is 13.3 Å². The van der Waals surface area contributed by atoms with E-state index in [1.165, 1.54) is 4.31 Å². The molecule has 0 aliphatic carbocycles. The number of likely N-dealkylation sites (tertiary alicyclic amines) is 2. The zero-order valence-corrected chi connectivity index (χ0v) is 15.5. The van der Waals surface area contributed by atoms with Crippen LogP contribution in [0.4, 0.5) is 4.79 Å². The molecule has 0 bridgehead atoms. The highest BCUT2D eigenvalue weighted by Gasteiger charge is 2.37. The van der Waals surface area contributed by atoms with Gasteiger partial charge in [0, 0.05) is 45.9 Å². The quantitative estimate of drug-likeness (QED) is 0.727. The highest BCUT2D eigenvalue weighted by Crippen LogP contribution is 2.25. The van der Waals surface area contributed by atoms with Crippen LogP contribution >= 0.6 is 0 Å². The molecule has 0 spiro atoms. The minimum absolute atomic E-state index is 0.0376. The Kier molecular flexibility index (Phi) is 7.42. The summed E-state index contributed by atoms with van der Waals surface area (Å²) in [6, 6.07) is 0.402. The lowest BCUT2D eigenvalue weighted by atomic mass is 9.96. The molecule has 8 nitrogen and oxygen atoms in total. The number of nitrogens with zero attached hydrogens (tertiary/aromatic N) is 3. The molecule has 2 rings (SSSR count). The van der Waals surface area contributed by atoms with Crippen molar-refractivity contribution in [2.24, 2.45) is 0 Å². The SMILES string of the molecule is CCOC(=O)N1CCC(N2CCC(N(C)S(=O)O)CC2)C(OC)C1. The maximum atomic E-state index is 11.9. The first-order valence-corrected chi connectivity index (χ1v) is 9.56. The molecule has 1 N–H and O–H groups in total. The Morgan fingerprint density at radius 3 is 2.50 bits per heavy atom. The number of piperidine rings is 2. The van der Waals surface area contributed by atoms with Crippen molar-refractivity contribution in [3.8, 4) is 0 Å². The van der Waals surface area contributed by atoms with Crippen molar-refractivity contribution >= 4 is 17.4 Å². The predicted octanol–water partition coefficient (Wildman–Crippen LogP) is 0.765. The third kappa shape index (κ3) is 4.66. The van der Waals surface area contributed by atoms with Crippen molar-refractivity contribution in [1.29, 1.82) is 0 Å². The van der Waals surface area contributed by atoms with E-state index in [-0.39, 0.29) is 24.3 Å². The lowest BCUT2D eigenvalue weighted by Crippen LogP contribution is -2.58. The van der Waals surface area contributed by atoms with E-state index in [2.05, 4.69) is 4.90 Å². The molecule has 0 aromatic heterocycles. The number of methoxy groups -OCH3 is 1. The summed E-state index contributed by atoms with van der Waals surface area (Å²) in [5, 5.41) is 0. The Bertz CT molecular complexity index is 445. The van der Waals surface area contributed by atoms with Gasteiger partial charge < -0.3 is 14.4 Å². The molecule has 140 valence electrons. The number of rotatable bonds is 5. The second-order valence-corrected chi connectivity index (χ2v) is 7.36. The maximum absolute atomic E-state index is 11.9. The normalized spacial score (nSPS) is 28.1. The van der Waals surface area contributed by atoms with Crippen molar-refractivity contribution in [1.82, 2.24) is 14.1 Å². The Morgan fingerprint density at radius 1 is 1.29 bits per heavy atom. The van der Waals surface area contributed by atoms with Crippen LogP contribution in [0.2, 0.25) is 0 Å². The fourth-order valence-corrected chi connectivity index (χ4v) is 4.11. The van der Waals surface area contributed by atoms with Crippen LogP contribution in [0.3, 0.4) is 0 Å². The van der Waals surface area contributed by atoms with Crippen LogP contribution in [0.25, 0.3) is 0 Å². The lowest BCUT2D eigenvalue weighted by molar-refractivity contribution is -0.0440. The number of amides is 1. The molecule has 1 amide bonds. The van der Waals surface area contributed by atoms with Gasteiger partial charge in [-0.15, -0.1) is 0 Å². The minimum atomic E-state index is -1.91.